The number of ether oxygens (including phenoxy) is 1. The number of benzene rings is 1. The first-order valence-corrected chi connectivity index (χ1v) is 9.56. The van der Waals surface area contributed by atoms with Crippen LogP contribution in [0.5, 0.6) is 5.75 Å². The number of rotatable bonds is 4. The van der Waals surface area contributed by atoms with E-state index < -0.39 is 5.97 Å². The number of aromatic nitrogens is 1. The van der Waals surface area contributed by atoms with Gasteiger partial charge in [-0.2, -0.15) is 0 Å². The van der Waals surface area contributed by atoms with Crippen LogP contribution in [0.2, 0.25) is 0 Å². The van der Waals surface area contributed by atoms with Crippen molar-refractivity contribution < 1.29 is 14.6 Å². The third kappa shape index (κ3) is 3.64. The maximum Gasteiger partial charge on any atom is 0.344 e. The molecular formula is C22H29NO3. The van der Waals surface area contributed by atoms with E-state index in [0.717, 1.165) is 18.4 Å². The number of hydrogen-bond acceptors (Lipinski definition) is 3. The molecule has 1 aromatic carbocycles. The molecule has 1 fully saturated rings. The number of hydrogen-bond donors (Lipinski definition) is 2. The summed E-state index contributed by atoms with van der Waals surface area (Å²) >= 11 is 0. The van der Waals surface area contributed by atoms with E-state index >= 15 is 0 Å². The molecule has 0 radical (unpaired) electrons. The minimum atomic E-state index is -0.428. The molecule has 3 rings (SSSR count). The molecular weight excluding hydrogens is 326 g/mol. The third-order valence-electron chi connectivity index (χ3n) is 5.65. The number of aromatic hydroxyl groups is 1. The molecule has 0 bridgehead atoms. The SMILES string of the molecule is Cc1[nH]c(-c2ccccc2)c(O)c1C(=O)O[C@@H]1C[C@@H](C)CC[C@@H]1C(C)C. The lowest BCUT2D eigenvalue weighted by molar-refractivity contribution is -0.0176. The Balaban J connectivity index is 1.85. The van der Waals surface area contributed by atoms with E-state index in [0.29, 0.717) is 29.1 Å². The molecule has 140 valence electrons. The lowest BCUT2D eigenvalue weighted by atomic mass is 9.75. The molecule has 1 heterocycles. The summed E-state index contributed by atoms with van der Waals surface area (Å²) in [7, 11) is 0. The van der Waals surface area contributed by atoms with Gasteiger partial charge in [-0.1, -0.05) is 57.5 Å². The summed E-state index contributed by atoms with van der Waals surface area (Å²) in [6, 6.07) is 9.52. The first kappa shape index (κ1) is 18.6. The van der Waals surface area contributed by atoms with Crippen LogP contribution >= 0.6 is 0 Å². The zero-order valence-corrected chi connectivity index (χ0v) is 16.1. The van der Waals surface area contributed by atoms with Gasteiger partial charge in [-0.3, -0.25) is 0 Å². The van der Waals surface area contributed by atoms with Gasteiger partial charge in [0, 0.05) is 11.3 Å². The van der Waals surface area contributed by atoms with Crippen molar-refractivity contribution in [3.05, 3.63) is 41.6 Å². The van der Waals surface area contributed by atoms with Crippen LogP contribution in [0.4, 0.5) is 0 Å². The largest absolute Gasteiger partial charge is 0.505 e. The molecule has 0 aliphatic heterocycles. The van der Waals surface area contributed by atoms with Gasteiger partial charge in [-0.05, 0) is 37.5 Å². The summed E-state index contributed by atoms with van der Waals surface area (Å²) in [6.45, 7) is 8.39. The van der Waals surface area contributed by atoms with Gasteiger partial charge < -0.3 is 14.8 Å². The van der Waals surface area contributed by atoms with Crippen LogP contribution < -0.4 is 0 Å². The highest BCUT2D eigenvalue weighted by Gasteiger charge is 2.35. The van der Waals surface area contributed by atoms with Crippen LogP contribution in [-0.4, -0.2) is 22.2 Å². The fourth-order valence-electron chi connectivity index (χ4n) is 4.12. The van der Waals surface area contributed by atoms with E-state index in [-0.39, 0.29) is 17.4 Å². The molecule has 4 nitrogen and oxygen atoms in total. The van der Waals surface area contributed by atoms with E-state index in [9.17, 15) is 9.90 Å². The lowest BCUT2D eigenvalue weighted by Gasteiger charge is -2.36. The molecule has 4 heteroatoms. The van der Waals surface area contributed by atoms with Crippen molar-refractivity contribution >= 4 is 5.97 Å². The molecule has 0 spiro atoms. The first-order valence-electron chi connectivity index (χ1n) is 9.56. The number of aromatic amines is 1. The predicted molar refractivity (Wildman–Crippen MR) is 103 cm³/mol. The highest BCUT2D eigenvalue weighted by atomic mass is 16.5. The molecule has 0 unspecified atom stereocenters. The van der Waals surface area contributed by atoms with Crippen LogP contribution in [0.1, 0.15) is 56.1 Å². The number of esters is 1. The highest BCUT2D eigenvalue weighted by Crippen LogP contribution is 2.38. The standard InChI is InChI=1S/C22H29NO3/c1-13(2)17-11-10-14(3)12-18(17)26-22(25)19-15(4)23-20(21(19)24)16-8-6-5-7-9-16/h5-9,13-14,17-18,23-24H,10-12H2,1-4H3/t14-,17+,18+/m0/s1. The van der Waals surface area contributed by atoms with Crippen molar-refractivity contribution in [2.24, 2.45) is 17.8 Å². The Hall–Kier alpha value is -2.23. The second-order valence-corrected chi connectivity index (χ2v) is 7.98. The van der Waals surface area contributed by atoms with Crippen molar-refractivity contribution in [2.45, 2.75) is 53.1 Å². The monoisotopic (exact) mass is 355 g/mol. The van der Waals surface area contributed by atoms with E-state index in [1.165, 1.54) is 6.42 Å². The summed E-state index contributed by atoms with van der Waals surface area (Å²) in [5.41, 5.74) is 2.30. The van der Waals surface area contributed by atoms with Crippen molar-refractivity contribution in [1.29, 1.82) is 0 Å². The summed E-state index contributed by atoms with van der Waals surface area (Å²) in [6.07, 6.45) is 3.08. The highest BCUT2D eigenvalue weighted by molar-refractivity contribution is 5.97. The number of nitrogens with one attached hydrogen (secondary N) is 1. The third-order valence-corrected chi connectivity index (χ3v) is 5.65. The van der Waals surface area contributed by atoms with Gasteiger partial charge in [-0.25, -0.2) is 4.79 Å². The minimum Gasteiger partial charge on any atom is -0.505 e. The predicted octanol–water partition coefficient (Wildman–Crippen LogP) is 5.31. The van der Waals surface area contributed by atoms with Crippen LogP contribution in [0.3, 0.4) is 0 Å². The average molecular weight is 355 g/mol. The maximum atomic E-state index is 12.9. The van der Waals surface area contributed by atoms with E-state index in [1.807, 2.05) is 30.3 Å². The van der Waals surface area contributed by atoms with E-state index in [2.05, 4.69) is 25.8 Å². The number of carbonyl (C=O) groups is 1. The maximum absolute atomic E-state index is 12.9. The van der Waals surface area contributed by atoms with Crippen LogP contribution in [0, 0.1) is 24.7 Å². The summed E-state index contributed by atoms with van der Waals surface area (Å²) in [5, 5.41) is 10.7. The van der Waals surface area contributed by atoms with Crippen LogP contribution in [0.25, 0.3) is 11.3 Å². The van der Waals surface area contributed by atoms with Crippen molar-refractivity contribution in [2.75, 3.05) is 0 Å². The molecule has 1 aliphatic carbocycles. The molecule has 2 N–H and O–H groups in total. The molecule has 3 atom stereocenters. The first-order chi connectivity index (χ1) is 12.4. The summed E-state index contributed by atoms with van der Waals surface area (Å²) < 4.78 is 5.91. The van der Waals surface area contributed by atoms with Crippen molar-refractivity contribution in [1.82, 2.24) is 4.98 Å². The van der Waals surface area contributed by atoms with Gasteiger partial charge in [0.25, 0.3) is 0 Å². The second kappa shape index (κ2) is 7.56. The molecule has 2 aromatic rings. The molecule has 26 heavy (non-hydrogen) atoms. The Bertz CT molecular complexity index is 763. The topological polar surface area (TPSA) is 62.3 Å². The smallest absolute Gasteiger partial charge is 0.344 e. The zero-order valence-electron chi connectivity index (χ0n) is 16.1. The second-order valence-electron chi connectivity index (χ2n) is 7.98. The van der Waals surface area contributed by atoms with E-state index in [4.69, 9.17) is 4.74 Å². The number of aryl methyl sites for hydroxylation is 1. The van der Waals surface area contributed by atoms with Gasteiger partial charge in [-0.15, -0.1) is 0 Å². The Morgan fingerprint density at radius 1 is 1.23 bits per heavy atom. The molecule has 0 amide bonds. The Morgan fingerprint density at radius 3 is 2.58 bits per heavy atom. The molecule has 1 aliphatic rings. The van der Waals surface area contributed by atoms with Crippen molar-refractivity contribution in [3.63, 3.8) is 0 Å². The minimum absolute atomic E-state index is 0.0244. The van der Waals surface area contributed by atoms with Gasteiger partial charge >= 0.3 is 5.97 Å². The van der Waals surface area contributed by atoms with Crippen LogP contribution in [-0.2, 0) is 4.74 Å². The molecule has 1 aromatic heterocycles. The van der Waals surface area contributed by atoms with E-state index in [1.54, 1.807) is 6.92 Å². The quantitative estimate of drug-likeness (QED) is 0.730. The Labute approximate surface area is 155 Å². The molecule has 1 saturated carbocycles. The number of carbonyl (C=O) groups excluding carboxylic acids is 1. The van der Waals surface area contributed by atoms with Crippen LogP contribution in [0.15, 0.2) is 30.3 Å². The zero-order chi connectivity index (χ0) is 18.8. The van der Waals surface area contributed by atoms with Gasteiger partial charge in [0.2, 0.25) is 0 Å². The number of H-pyrrole nitrogens is 1. The van der Waals surface area contributed by atoms with Gasteiger partial charge in [0.05, 0.1) is 5.69 Å². The molecule has 0 saturated heterocycles. The average Bonchev–Trinajstić information content (AvgIpc) is 2.90. The Morgan fingerprint density at radius 2 is 1.92 bits per heavy atom. The lowest BCUT2D eigenvalue weighted by Crippen LogP contribution is -2.35. The summed E-state index contributed by atoms with van der Waals surface area (Å²) in [5.74, 6) is 0.960. The van der Waals surface area contributed by atoms with Gasteiger partial charge in [0.15, 0.2) is 5.75 Å². The summed E-state index contributed by atoms with van der Waals surface area (Å²) in [4.78, 5) is 16.0. The van der Waals surface area contributed by atoms with Crippen molar-refractivity contribution in [3.8, 4) is 17.0 Å². The van der Waals surface area contributed by atoms with Gasteiger partial charge in [0.1, 0.15) is 11.7 Å². The fourth-order valence-corrected chi connectivity index (χ4v) is 4.12. The fraction of sp³-hybridized carbons (Fsp3) is 0.500. The normalized spacial score (nSPS) is 23.2. The Kier molecular flexibility index (Phi) is 5.40.